The Morgan fingerprint density at radius 1 is 0.833 bits per heavy atom. The molecule has 0 aliphatic carbocycles. The predicted octanol–water partition coefficient (Wildman–Crippen LogP) is 2.16. The summed E-state index contributed by atoms with van der Waals surface area (Å²) < 4.78 is 7.38. The van der Waals surface area contributed by atoms with E-state index >= 15 is 0 Å². The molecule has 13 heteroatoms. The topological polar surface area (TPSA) is 163 Å². The Kier molecular flexibility index (Phi) is 11.4. The quantitative estimate of drug-likeness (QED) is 0.236. The molecule has 5 rings (SSSR count). The van der Waals surface area contributed by atoms with Gasteiger partial charge >= 0.3 is 0 Å². The van der Waals surface area contributed by atoms with Gasteiger partial charge in [-0.2, -0.15) is 5.10 Å². The van der Waals surface area contributed by atoms with Gasteiger partial charge in [0.15, 0.2) is 11.5 Å². The summed E-state index contributed by atoms with van der Waals surface area (Å²) in [6.45, 7) is 7.09. The first-order valence-corrected chi connectivity index (χ1v) is 16.1. The zero-order valence-corrected chi connectivity index (χ0v) is 27.4. The minimum atomic E-state index is -1.02. The van der Waals surface area contributed by atoms with Crippen molar-refractivity contribution in [1.29, 1.82) is 0 Å². The molecule has 2 bridgehead atoms. The van der Waals surface area contributed by atoms with Crippen LogP contribution in [0.5, 0.6) is 0 Å². The van der Waals surface area contributed by atoms with Gasteiger partial charge in [-0.3, -0.25) is 28.8 Å². The molecule has 2 aromatic heterocycles. The standard InChI is InChI=1S/C35H42N8O5/c1-23(2)43-21-27(19-37-43)20-42-15-14-36-33(45)29(16-25-10-6-4-7-11-25)40-34(46)30(17-26-12-8-5-9-13-26)39-32(44)24(3)38-35(47)31-18-28(22-42)48-41-31/h4-13,18-19,21,23-24,29-30H,14-17,20,22H2,1-3H3,(H,36,45)(H,38,47)(H,39,44)(H,40,46)/t24-,29+,30-/m0/s1. The van der Waals surface area contributed by atoms with Gasteiger partial charge < -0.3 is 25.8 Å². The highest BCUT2D eigenvalue weighted by Crippen LogP contribution is 2.14. The zero-order chi connectivity index (χ0) is 34.0. The second-order valence-corrected chi connectivity index (χ2v) is 12.3. The van der Waals surface area contributed by atoms with Gasteiger partial charge in [0.25, 0.3) is 5.91 Å². The van der Waals surface area contributed by atoms with Gasteiger partial charge in [-0.15, -0.1) is 0 Å². The number of rotatable bonds is 7. The molecule has 4 aromatic rings. The number of nitrogens with one attached hydrogen (secondary N) is 4. The third kappa shape index (κ3) is 9.38. The van der Waals surface area contributed by atoms with Crippen molar-refractivity contribution >= 4 is 23.6 Å². The summed E-state index contributed by atoms with van der Waals surface area (Å²) >= 11 is 0. The Morgan fingerprint density at radius 2 is 1.46 bits per heavy atom. The lowest BCUT2D eigenvalue weighted by Crippen LogP contribution is -2.57. The third-order valence-corrected chi connectivity index (χ3v) is 8.06. The molecule has 252 valence electrons. The number of carbonyl (C=O) groups excluding carboxylic acids is 4. The van der Waals surface area contributed by atoms with Crippen LogP contribution in [0.25, 0.3) is 0 Å². The van der Waals surface area contributed by atoms with E-state index in [-0.39, 0.29) is 37.0 Å². The van der Waals surface area contributed by atoms with Gasteiger partial charge in [-0.05, 0) is 31.9 Å². The molecule has 2 aromatic carbocycles. The van der Waals surface area contributed by atoms with Crippen molar-refractivity contribution in [3.8, 4) is 0 Å². The molecule has 0 fully saturated rings. The Bertz CT molecular complexity index is 1690. The van der Waals surface area contributed by atoms with E-state index in [1.807, 2.05) is 90.3 Å². The fraction of sp³-hybridized carbons (Fsp3) is 0.371. The van der Waals surface area contributed by atoms with E-state index in [4.69, 9.17) is 4.52 Å². The molecule has 1 aliphatic rings. The van der Waals surface area contributed by atoms with E-state index in [0.717, 1.165) is 16.7 Å². The molecule has 0 saturated heterocycles. The highest BCUT2D eigenvalue weighted by Gasteiger charge is 2.30. The van der Waals surface area contributed by atoms with E-state index in [1.54, 1.807) is 6.20 Å². The van der Waals surface area contributed by atoms with Crippen molar-refractivity contribution in [2.45, 2.75) is 70.9 Å². The normalized spacial score (nSPS) is 20.3. The minimum absolute atomic E-state index is 0.0222. The SMILES string of the molecule is CC(C)n1cc(CN2CCNC(=O)[C@@H](Cc3ccccc3)NC(=O)[C@H](Cc3ccccc3)NC(=O)[C@H](C)NC(=O)c3cc(on3)C2)cn1. The Hall–Kier alpha value is -5.30. The number of fused-ring (bicyclic) bond motifs is 2. The lowest BCUT2D eigenvalue weighted by molar-refractivity contribution is -0.132. The summed E-state index contributed by atoms with van der Waals surface area (Å²) in [6, 6.07) is 17.5. The van der Waals surface area contributed by atoms with Crippen LogP contribution in [0.3, 0.4) is 0 Å². The van der Waals surface area contributed by atoms with Gasteiger partial charge in [-0.25, -0.2) is 0 Å². The highest BCUT2D eigenvalue weighted by atomic mass is 16.5. The fourth-order valence-corrected chi connectivity index (χ4v) is 5.41. The number of nitrogens with zero attached hydrogens (tertiary/aromatic N) is 4. The van der Waals surface area contributed by atoms with Gasteiger partial charge in [-0.1, -0.05) is 65.8 Å². The first-order valence-electron chi connectivity index (χ1n) is 16.1. The van der Waals surface area contributed by atoms with Crippen LogP contribution in [0.1, 0.15) is 59.8 Å². The number of amides is 4. The molecule has 3 heterocycles. The number of benzene rings is 2. The number of hydrogen-bond acceptors (Lipinski definition) is 8. The van der Waals surface area contributed by atoms with Crippen molar-refractivity contribution in [2.75, 3.05) is 13.1 Å². The zero-order valence-electron chi connectivity index (χ0n) is 27.4. The van der Waals surface area contributed by atoms with Crippen LogP contribution in [0, 0.1) is 0 Å². The van der Waals surface area contributed by atoms with Gasteiger partial charge in [0.1, 0.15) is 18.1 Å². The average molecular weight is 655 g/mol. The van der Waals surface area contributed by atoms with Crippen LogP contribution in [-0.2, 0) is 40.3 Å². The van der Waals surface area contributed by atoms with Gasteiger partial charge in [0.05, 0.1) is 12.7 Å². The molecule has 0 saturated carbocycles. The molecular formula is C35H42N8O5. The molecule has 0 unspecified atom stereocenters. The second-order valence-electron chi connectivity index (χ2n) is 12.3. The highest BCUT2D eigenvalue weighted by molar-refractivity contribution is 5.97. The maximum absolute atomic E-state index is 13.8. The van der Waals surface area contributed by atoms with Crippen molar-refractivity contribution in [3.05, 3.63) is 107 Å². The lowest BCUT2D eigenvalue weighted by Gasteiger charge is -2.25. The van der Waals surface area contributed by atoms with Crippen molar-refractivity contribution in [3.63, 3.8) is 0 Å². The number of hydrogen-bond donors (Lipinski definition) is 4. The van der Waals surface area contributed by atoms with Crippen molar-refractivity contribution < 1.29 is 23.7 Å². The van der Waals surface area contributed by atoms with E-state index in [9.17, 15) is 19.2 Å². The smallest absolute Gasteiger partial charge is 0.274 e. The number of carbonyl (C=O) groups is 4. The van der Waals surface area contributed by atoms with Crippen LogP contribution in [0.4, 0.5) is 0 Å². The minimum Gasteiger partial charge on any atom is -0.359 e. The van der Waals surface area contributed by atoms with Crippen LogP contribution in [-0.4, -0.2) is 74.7 Å². The van der Waals surface area contributed by atoms with E-state index in [1.165, 1.54) is 13.0 Å². The lowest BCUT2D eigenvalue weighted by atomic mass is 10.0. The van der Waals surface area contributed by atoms with Crippen LogP contribution in [0.15, 0.2) is 83.6 Å². The summed E-state index contributed by atoms with van der Waals surface area (Å²) in [5, 5.41) is 19.7. The summed E-state index contributed by atoms with van der Waals surface area (Å²) in [6.07, 6.45) is 4.19. The molecule has 4 amide bonds. The molecular weight excluding hydrogens is 612 g/mol. The Morgan fingerprint density at radius 3 is 2.08 bits per heavy atom. The maximum Gasteiger partial charge on any atom is 0.274 e. The van der Waals surface area contributed by atoms with Crippen LogP contribution in [0.2, 0.25) is 0 Å². The van der Waals surface area contributed by atoms with E-state index < -0.39 is 35.8 Å². The molecule has 13 nitrogen and oxygen atoms in total. The molecule has 48 heavy (non-hydrogen) atoms. The van der Waals surface area contributed by atoms with Crippen LogP contribution >= 0.6 is 0 Å². The van der Waals surface area contributed by atoms with E-state index in [0.29, 0.717) is 25.4 Å². The third-order valence-electron chi connectivity index (χ3n) is 8.06. The summed E-state index contributed by atoms with van der Waals surface area (Å²) in [4.78, 5) is 55.9. The molecule has 4 N–H and O–H groups in total. The van der Waals surface area contributed by atoms with Gasteiger partial charge in [0, 0.05) is 56.3 Å². The Labute approximate surface area is 279 Å². The predicted molar refractivity (Wildman–Crippen MR) is 177 cm³/mol. The number of aromatic nitrogens is 3. The molecule has 1 aliphatic heterocycles. The largest absolute Gasteiger partial charge is 0.359 e. The first kappa shape index (κ1) is 34.0. The Balaban J connectivity index is 1.42. The molecule has 3 atom stereocenters. The average Bonchev–Trinajstić information content (AvgIpc) is 3.75. The maximum atomic E-state index is 13.8. The first-order chi connectivity index (χ1) is 23.1. The summed E-state index contributed by atoms with van der Waals surface area (Å²) in [5.41, 5.74) is 2.67. The second kappa shape index (κ2) is 16.0. The van der Waals surface area contributed by atoms with Crippen LogP contribution < -0.4 is 21.3 Å². The van der Waals surface area contributed by atoms with Gasteiger partial charge in [0.2, 0.25) is 17.7 Å². The van der Waals surface area contributed by atoms with Crippen molar-refractivity contribution in [1.82, 2.24) is 41.1 Å². The molecule has 0 radical (unpaired) electrons. The van der Waals surface area contributed by atoms with Crippen molar-refractivity contribution in [2.24, 2.45) is 0 Å². The fourth-order valence-electron chi connectivity index (χ4n) is 5.41. The summed E-state index contributed by atoms with van der Waals surface area (Å²) in [7, 11) is 0. The summed E-state index contributed by atoms with van der Waals surface area (Å²) in [5.74, 6) is -1.58. The van der Waals surface area contributed by atoms with E-state index in [2.05, 4.69) is 31.5 Å². The molecule has 0 spiro atoms. The monoisotopic (exact) mass is 654 g/mol.